The van der Waals surface area contributed by atoms with E-state index in [1.807, 2.05) is 16.8 Å². The van der Waals surface area contributed by atoms with Crippen molar-refractivity contribution in [1.29, 1.82) is 0 Å². The molecule has 26 heavy (non-hydrogen) atoms. The Morgan fingerprint density at radius 3 is 2.73 bits per heavy atom. The van der Waals surface area contributed by atoms with E-state index in [1.54, 1.807) is 4.31 Å². The Balaban J connectivity index is 1.59. The van der Waals surface area contributed by atoms with Crippen molar-refractivity contribution in [2.24, 2.45) is 0 Å². The molecule has 0 aliphatic carbocycles. The molecule has 1 atom stereocenters. The molecular weight excluding hydrogens is 374 g/mol. The van der Waals surface area contributed by atoms with Gasteiger partial charge in [-0.15, -0.1) is 0 Å². The van der Waals surface area contributed by atoms with E-state index in [1.165, 1.54) is 17.6 Å². The third-order valence-electron chi connectivity index (χ3n) is 5.16. The molecule has 7 nitrogen and oxygen atoms in total. The Hall–Kier alpha value is -1.00. The van der Waals surface area contributed by atoms with Crippen LogP contribution in [0, 0.1) is 0 Å². The minimum Gasteiger partial charge on any atom is -0.381 e. The highest BCUT2D eigenvalue weighted by molar-refractivity contribution is 7.88. The molecule has 3 rings (SSSR count). The van der Waals surface area contributed by atoms with Gasteiger partial charge in [0.1, 0.15) is 0 Å². The fourth-order valence-corrected chi connectivity index (χ4v) is 5.27. The standard InChI is InChI=1S/C17H27N3O4S2/c1-26(22,23)19-7-2-16(12-19)20(15-3-9-24-10-4-15)8-6-18-17(21)14-5-11-25-13-14/h5,11,13,15-16H,2-4,6-10,12H2,1H3,(H,18,21). The topological polar surface area (TPSA) is 79.0 Å². The molecule has 1 aromatic rings. The Labute approximate surface area is 159 Å². The number of thiophene rings is 1. The van der Waals surface area contributed by atoms with Gasteiger partial charge in [0.2, 0.25) is 10.0 Å². The van der Waals surface area contributed by atoms with Gasteiger partial charge in [0.25, 0.3) is 5.91 Å². The minimum absolute atomic E-state index is 0.0534. The number of rotatable bonds is 7. The first kappa shape index (κ1) is 19.8. The summed E-state index contributed by atoms with van der Waals surface area (Å²) in [5, 5.41) is 6.71. The summed E-state index contributed by atoms with van der Waals surface area (Å²) in [4.78, 5) is 14.5. The van der Waals surface area contributed by atoms with Crippen molar-refractivity contribution in [3.05, 3.63) is 22.4 Å². The Morgan fingerprint density at radius 2 is 2.12 bits per heavy atom. The molecule has 1 amide bonds. The number of nitrogens with one attached hydrogen (secondary N) is 1. The lowest BCUT2D eigenvalue weighted by Crippen LogP contribution is -2.50. The Morgan fingerprint density at radius 1 is 1.35 bits per heavy atom. The zero-order valence-corrected chi connectivity index (χ0v) is 16.7. The quantitative estimate of drug-likeness (QED) is 0.737. The van der Waals surface area contributed by atoms with Crippen molar-refractivity contribution in [2.75, 3.05) is 45.6 Å². The number of carbonyl (C=O) groups is 1. The summed E-state index contributed by atoms with van der Waals surface area (Å²) < 4.78 is 30.7. The number of nitrogens with zero attached hydrogens (tertiary/aromatic N) is 2. The summed E-state index contributed by atoms with van der Waals surface area (Å²) in [6, 6.07) is 2.40. The fraction of sp³-hybridized carbons (Fsp3) is 0.706. The monoisotopic (exact) mass is 401 g/mol. The van der Waals surface area contributed by atoms with Gasteiger partial charge in [-0.2, -0.15) is 11.3 Å². The SMILES string of the molecule is CS(=O)(=O)N1CCC(N(CCNC(=O)c2ccsc2)C2CCOCC2)C1. The van der Waals surface area contributed by atoms with Crippen molar-refractivity contribution in [1.82, 2.24) is 14.5 Å². The molecule has 0 bridgehead atoms. The largest absolute Gasteiger partial charge is 0.381 e. The van der Waals surface area contributed by atoms with Gasteiger partial charge < -0.3 is 10.1 Å². The molecule has 1 unspecified atom stereocenters. The van der Waals surface area contributed by atoms with Crippen LogP contribution in [0.4, 0.5) is 0 Å². The van der Waals surface area contributed by atoms with Crippen molar-refractivity contribution in [3.63, 3.8) is 0 Å². The number of sulfonamides is 1. The predicted molar refractivity (Wildman–Crippen MR) is 102 cm³/mol. The van der Waals surface area contributed by atoms with Gasteiger partial charge in [0.15, 0.2) is 0 Å². The van der Waals surface area contributed by atoms with E-state index in [9.17, 15) is 13.2 Å². The third-order valence-corrected chi connectivity index (χ3v) is 7.12. The molecule has 2 aliphatic heterocycles. The van der Waals surface area contributed by atoms with Crippen molar-refractivity contribution >= 4 is 27.3 Å². The molecular formula is C17H27N3O4S2. The molecule has 2 fully saturated rings. The summed E-state index contributed by atoms with van der Waals surface area (Å²) in [6.07, 6.45) is 4.01. The third kappa shape index (κ3) is 5.04. The first-order chi connectivity index (χ1) is 12.4. The number of hydrogen-bond donors (Lipinski definition) is 1. The summed E-state index contributed by atoms with van der Waals surface area (Å²) in [5.74, 6) is -0.0534. The zero-order valence-electron chi connectivity index (χ0n) is 15.1. The van der Waals surface area contributed by atoms with E-state index < -0.39 is 10.0 Å². The van der Waals surface area contributed by atoms with Crippen LogP contribution in [0.5, 0.6) is 0 Å². The number of amides is 1. The van der Waals surface area contributed by atoms with Crippen LogP contribution in [0.15, 0.2) is 16.8 Å². The van der Waals surface area contributed by atoms with Crippen LogP contribution in [-0.2, 0) is 14.8 Å². The normalized spacial score (nSPS) is 22.8. The second kappa shape index (κ2) is 8.79. The summed E-state index contributed by atoms with van der Waals surface area (Å²) in [5.41, 5.74) is 0.691. The molecule has 3 heterocycles. The molecule has 0 saturated carbocycles. The van der Waals surface area contributed by atoms with E-state index in [0.717, 1.165) is 39.0 Å². The molecule has 9 heteroatoms. The second-order valence-corrected chi connectivity index (χ2v) is 9.68. The lowest BCUT2D eigenvalue weighted by Gasteiger charge is -2.38. The number of carbonyl (C=O) groups excluding carboxylic acids is 1. The van der Waals surface area contributed by atoms with Gasteiger partial charge >= 0.3 is 0 Å². The summed E-state index contributed by atoms with van der Waals surface area (Å²) in [7, 11) is -3.15. The Kier molecular flexibility index (Phi) is 6.68. The zero-order chi connectivity index (χ0) is 18.6. The van der Waals surface area contributed by atoms with Gasteiger partial charge in [0.05, 0.1) is 6.26 Å². The highest BCUT2D eigenvalue weighted by atomic mass is 32.2. The molecule has 2 saturated heterocycles. The van der Waals surface area contributed by atoms with Gasteiger partial charge in [-0.1, -0.05) is 0 Å². The fourth-order valence-electron chi connectivity index (χ4n) is 3.76. The molecule has 146 valence electrons. The molecule has 2 aliphatic rings. The van der Waals surface area contributed by atoms with Crippen LogP contribution in [0.3, 0.4) is 0 Å². The van der Waals surface area contributed by atoms with Gasteiger partial charge in [-0.3, -0.25) is 9.69 Å². The van der Waals surface area contributed by atoms with E-state index in [-0.39, 0.29) is 11.9 Å². The van der Waals surface area contributed by atoms with Gasteiger partial charge in [-0.05, 0) is 30.7 Å². The predicted octanol–water partition coefficient (Wildman–Crippen LogP) is 0.993. The molecule has 1 N–H and O–H groups in total. The maximum atomic E-state index is 12.1. The van der Waals surface area contributed by atoms with Crippen LogP contribution >= 0.6 is 11.3 Å². The van der Waals surface area contributed by atoms with E-state index >= 15 is 0 Å². The first-order valence-corrected chi connectivity index (χ1v) is 11.8. The lowest BCUT2D eigenvalue weighted by molar-refractivity contribution is 0.0194. The summed E-state index contributed by atoms with van der Waals surface area (Å²) in [6.45, 7) is 3.87. The highest BCUT2D eigenvalue weighted by Crippen LogP contribution is 2.24. The average Bonchev–Trinajstić information content (AvgIpc) is 3.30. The van der Waals surface area contributed by atoms with Gasteiger partial charge in [0, 0.05) is 62.4 Å². The average molecular weight is 402 g/mol. The van der Waals surface area contributed by atoms with Crippen LogP contribution in [-0.4, -0.2) is 81.3 Å². The first-order valence-electron chi connectivity index (χ1n) is 9.04. The van der Waals surface area contributed by atoms with Gasteiger partial charge in [-0.25, -0.2) is 12.7 Å². The van der Waals surface area contributed by atoms with Crippen LogP contribution < -0.4 is 5.32 Å². The second-order valence-electron chi connectivity index (χ2n) is 6.91. The molecule has 0 spiro atoms. The van der Waals surface area contributed by atoms with E-state index in [0.29, 0.717) is 31.2 Å². The van der Waals surface area contributed by atoms with Crippen LogP contribution in [0.25, 0.3) is 0 Å². The summed E-state index contributed by atoms with van der Waals surface area (Å²) >= 11 is 1.51. The number of hydrogen-bond acceptors (Lipinski definition) is 6. The van der Waals surface area contributed by atoms with Crippen molar-refractivity contribution < 1.29 is 17.9 Å². The molecule has 1 aromatic heterocycles. The highest BCUT2D eigenvalue weighted by Gasteiger charge is 2.35. The van der Waals surface area contributed by atoms with Crippen molar-refractivity contribution in [3.8, 4) is 0 Å². The molecule has 0 aromatic carbocycles. The number of ether oxygens (including phenoxy) is 1. The maximum Gasteiger partial charge on any atom is 0.252 e. The maximum absolute atomic E-state index is 12.1. The van der Waals surface area contributed by atoms with Crippen LogP contribution in [0.1, 0.15) is 29.6 Å². The molecule has 0 radical (unpaired) electrons. The minimum atomic E-state index is -3.15. The Bertz CT molecular complexity index is 687. The smallest absolute Gasteiger partial charge is 0.252 e. The van der Waals surface area contributed by atoms with Crippen molar-refractivity contribution in [2.45, 2.75) is 31.3 Å². The van der Waals surface area contributed by atoms with E-state index in [4.69, 9.17) is 4.74 Å². The lowest BCUT2D eigenvalue weighted by atomic mass is 10.0. The van der Waals surface area contributed by atoms with Crippen LogP contribution in [0.2, 0.25) is 0 Å². The van der Waals surface area contributed by atoms with E-state index in [2.05, 4.69) is 10.2 Å².